The van der Waals surface area contributed by atoms with Crippen LogP contribution in [0.15, 0.2) is 6.20 Å². The summed E-state index contributed by atoms with van der Waals surface area (Å²) in [6, 6.07) is 0.0571. The molecule has 0 saturated carbocycles. The minimum atomic E-state index is 0.0571. The normalized spacial score (nSPS) is 13.1. The van der Waals surface area contributed by atoms with Gasteiger partial charge in [-0.25, -0.2) is 14.6 Å². The zero-order valence-electron chi connectivity index (χ0n) is 12.8. The number of thiazole rings is 1. The average molecular weight is 304 g/mol. The van der Waals surface area contributed by atoms with Crippen LogP contribution in [0.1, 0.15) is 42.4 Å². The van der Waals surface area contributed by atoms with Crippen LogP contribution in [-0.2, 0) is 13.0 Å². The molecule has 0 saturated heterocycles. The maximum atomic E-state index is 6.16. The first-order valence-electron chi connectivity index (χ1n) is 7.22. The van der Waals surface area contributed by atoms with Gasteiger partial charge in [0.15, 0.2) is 5.65 Å². The van der Waals surface area contributed by atoms with Crippen molar-refractivity contribution in [1.82, 2.24) is 24.3 Å². The Labute approximate surface area is 127 Å². The van der Waals surface area contributed by atoms with E-state index < -0.39 is 0 Å². The summed E-state index contributed by atoms with van der Waals surface area (Å²) in [7, 11) is 0. The lowest BCUT2D eigenvalue weighted by Gasteiger charge is -2.14. The van der Waals surface area contributed by atoms with Gasteiger partial charge in [-0.05, 0) is 27.2 Å². The largest absolute Gasteiger partial charge is 0.369 e. The van der Waals surface area contributed by atoms with Gasteiger partial charge in [-0.2, -0.15) is 5.10 Å². The summed E-state index contributed by atoms with van der Waals surface area (Å²) in [5.74, 6) is 0.522. The molecule has 0 spiro atoms. The van der Waals surface area contributed by atoms with E-state index in [0.717, 1.165) is 34.8 Å². The number of hydrogen-bond acceptors (Lipinski definition) is 5. The van der Waals surface area contributed by atoms with Crippen LogP contribution in [0.4, 0.5) is 5.95 Å². The first-order chi connectivity index (χ1) is 10.1. The van der Waals surface area contributed by atoms with Gasteiger partial charge in [-0.3, -0.25) is 4.57 Å². The number of nitrogen functional groups attached to an aromatic ring is 1. The van der Waals surface area contributed by atoms with Crippen LogP contribution < -0.4 is 5.73 Å². The highest BCUT2D eigenvalue weighted by atomic mass is 32.1. The Balaban J connectivity index is 2.16. The third-order valence-corrected chi connectivity index (χ3v) is 5.05. The molecule has 3 rings (SSSR count). The van der Waals surface area contributed by atoms with Crippen LogP contribution in [0, 0.1) is 6.92 Å². The van der Waals surface area contributed by atoms with Gasteiger partial charge in [0.1, 0.15) is 10.5 Å². The minimum absolute atomic E-state index is 0.0571. The molecule has 2 N–H and O–H groups in total. The van der Waals surface area contributed by atoms with Gasteiger partial charge >= 0.3 is 0 Å². The fourth-order valence-corrected chi connectivity index (χ4v) is 3.50. The van der Waals surface area contributed by atoms with Crippen LogP contribution in [-0.4, -0.2) is 24.3 Å². The maximum Gasteiger partial charge on any atom is 0.203 e. The molecule has 112 valence electrons. The van der Waals surface area contributed by atoms with Crippen molar-refractivity contribution in [3.8, 4) is 0 Å². The SMILES string of the molecule is CCc1cnc(C(C)n2c(N)nc3c(C)nn(CC)c32)s1. The summed E-state index contributed by atoms with van der Waals surface area (Å²) in [6.07, 6.45) is 2.95. The topological polar surface area (TPSA) is 74.6 Å². The summed E-state index contributed by atoms with van der Waals surface area (Å²) >= 11 is 1.73. The van der Waals surface area contributed by atoms with E-state index in [9.17, 15) is 0 Å². The number of anilines is 1. The second kappa shape index (κ2) is 5.14. The van der Waals surface area contributed by atoms with E-state index in [2.05, 4.69) is 35.8 Å². The van der Waals surface area contributed by atoms with E-state index in [1.54, 1.807) is 11.3 Å². The van der Waals surface area contributed by atoms with Crippen LogP contribution in [0.2, 0.25) is 0 Å². The highest BCUT2D eigenvalue weighted by Crippen LogP contribution is 2.30. The highest BCUT2D eigenvalue weighted by molar-refractivity contribution is 7.11. The molecule has 21 heavy (non-hydrogen) atoms. The predicted molar refractivity (Wildman–Crippen MR) is 85.6 cm³/mol. The first-order valence-corrected chi connectivity index (χ1v) is 8.03. The molecule has 1 unspecified atom stereocenters. The Morgan fingerprint density at radius 3 is 2.76 bits per heavy atom. The van der Waals surface area contributed by atoms with Gasteiger partial charge in [0.25, 0.3) is 0 Å². The van der Waals surface area contributed by atoms with Crippen LogP contribution in [0.5, 0.6) is 0 Å². The molecule has 7 heteroatoms. The molecular formula is C14H20N6S. The average Bonchev–Trinajstić information content (AvgIpc) is 3.14. The monoisotopic (exact) mass is 304 g/mol. The van der Waals surface area contributed by atoms with E-state index >= 15 is 0 Å². The van der Waals surface area contributed by atoms with Gasteiger partial charge in [0, 0.05) is 17.6 Å². The molecular weight excluding hydrogens is 284 g/mol. The first kappa shape index (κ1) is 14.1. The standard InChI is InChI=1S/C14H20N6S/c1-5-10-7-16-12(21-10)9(4)20-13-11(17-14(20)15)8(3)18-19(13)6-2/h7,9H,5-6H2,1-4H3,(H2,15,17). The molecule has 1 atom stereocenters. The van der Waals surface area contributed by atoms with E-state index in [0.29, 0.717) is 5.95 Å². The number of nitrogens with zero attached hydrogens (tertiary/aromatic N) is 5. The Hall–Kier alpha value is -1.89. The van der Waals surface area contributed by atoms with Gasteiger partial charge in [0.2, 0.25) is 5.95 Å². The zero-order chi connectivity index (χ0) is 15.1. The number of aromatic nitrogens is 5. The summed E-state index contributed by atoms with van der Waals surface area (Å²) in [6.45, 7) is 9.08. The van der Waals surface area contributed by atoms with E-state index in [4.69, 9.17) is 5.73 Å². The summed E-state index contributed by atoms with van der Waals surface area (Å²) < 4.78 is 4.00. The Kier molecular flexibility index (Phi) is 3.44. The van der Waals surface area contributed by atoms with E-state index in [1.807, 2.05) is 22.4 Å². The molecule has 3 heterocycles. The van der Waals surface area contributed by atoms with Crippen molar-refractivity contribution in [3.05, 3.63) is 21.8 Å². The number of hydrogen-bond donors (Lipinski definition) is 1. The third kappa shape index (κ3) is 2.12. The van der Waals surface area contributed by atoms with Crippen molar-refractivity contribution in [3.63, 3.8) is 0 Å². The Bertz CT molecular complexity index is 781. The second-order valence-electron chi connectivity index (χ2n) is 5.11. The fraction of sp³-hybridized carbons (Fsp3) is 0.500. The molecule has 0 fully saturated rings. The lowest BCUT2D eigenvalue weighted by atomic mass is 10.3. The quantitative estimate of drug-likeness (QED) is 0.804. The summed E-state index contributed by atoms with van der Waals surface area (Å²) in [5.41, 5.74) is 8.93. The number of aryl methyl sites for hydroxylation is 3. The lowest BCUT2D eigenvalue weighted by molar-refractivity contribution is 0.605. The van der Waals surface area contributed by atoms with E-state index in [-0.39, 0.29) is 6.04 Å². The van der Waals surface area contributed by atoms with Crippen molar-refractivity contribution >= 4 is 28.4 Å². The maximum absolute atomic E-state index is 6.16. The Morgan fingerprint density at radius 1 is 1.38 bits per heavy atom. The van der Waals surface area contributed by atoms with Crippen LogP contribution in [0.25, 0.3) is 11.2 Å². The molecule has 3 aromatic rings. The van der Waals surface area contributed by atoms with Crippen molar-refractivity contribution in [1.29, 1.82) is 0 Å². The van der Waals surface area contributed by atoms with Crippen molar-refractivity contribution < 1.29 is 0 Å². The van der Waals surface area contributed by atoms with Gasteiger partial charge in [-0.1, -0.05) is 6.92 Å². The molecule has 0 aliphatic carbocycles. The number of nitrogens with two attached hydrogens (primary N) is 1. The van der Waals surface area contributed by atoms with Gasteiger partial charge < -0.3 is 5.73 Å². The molecule has 0 amide bonds. The Morgan fingerprint density at radius 2 is 2.14 bits per heavy atom. The predicted octanol–water partition coefficient (Wildman–Crippen LogP) is 2.77. The van der Waals surface area contributed by atoms with Crippen molar-refractivity contribution in [2.75, 3.05) is 5.73 Å². The van der Waals surface area contributed by atoms with Crippen LogP contribution >= 0.6 is 11.3 Å². The van der Waals surface area contributed by atoms with Crippen LogP contribution in [0.3, 0.4) is 0 Å². The molecule has 0 aromatic carbocycles. The summed E-state index contributed by atoms with van der Waals surface area (Å²) in [5, 5.41) is 5.58. The molecule has 0 bridgehead atoms. The zero-order valence-corrected chi connectivity index (χ0v) is 13.6. The summed E-state index contributed by atoms with van der Waals surface area (Å²) in [4.78, 5) is 10.3. The van der Waals surface area contributed by atoms with Gasteiger partial charge in [0.05, 0.1) is 11.7 Å². The third-order valence-electron chi connectivity index (χ3n) is 3.74. The molecule has 0 aliphatic heterocycles. The minimum Gasteiger partial charge on any atom is -0.369 e. The molecule has 0 aliphatic rings. The molecule has 3 aromatic heterocycles. The smallest absolute Gasteiger partial charge is 0.203 e. The highest BCUT2D eigenvalue weighted by Gasteiger charge is 2.22. The van der Waals surface area contributed by atoms with Crippen molar-refractivity contribution in [2.24, 2.45) is 0 Å². The molecule has 6 nitrogen and oxygen atoms in total. The second-order valence-corrected chi connectivity index (χ2v) is 6.25. The number of fused-ring (bicyclic) bond motifs is 1. The van der Waals surface area contributed by atoms with E-state index in [1.165, 1.54) is 4.88 Å². The fourth-order valence-electron chi connectivity index (χ4n) is 2.60. The molecule has 0 radical (unpaired) electrons. The van der Waals surface area contributed by atoms with Gasteiger partial charge in [-0.15, -0.1) is 11.3 Å². The lowest BCUT2D eigenvalue weighted by Crippen LogP contribution is -2.13. The van der Waals surface area contributed by atoms with Crippen molar-refractivity contribution in [2.45, 2.75) is 46.7 Å². The number of imidazole rings is 1. The number of rotatable bonds is 4.